The van der Waals surface area contributed by atoms with Crippen LogP contribution < -0.4 is 15.8 Å². The Hall–Kier alpha value is -2.60. The fourth-order valence-electron chi connectivity index (χ4n) is 3.38. The van der Waals surface area contributed by atoms with E-state index < -0.39 is 0 Å². The molecule has 1 saturated heterocycles. The van der Waals surface area contributed by atoms with Crippen molar-refractivity contribution in [2.45, 2.75) is 31.7 Å². The van der Waals surface area contributed by atoms with E-state index in [-0.39, 0.29) is 17.3 Å². The molecular weight excluding hydrogens is 356 g/mol. The Labute approximate surface area is 165 Å². The number of nitrogens with zero attached hydrogens (tertiary/aromatic N) is 1. The lowest BCUT2D eigenvalue weighted by Crippen LogP contribution is -2.53. The molecule has 2 aromatic carbocycles. The molecule has 0 unspecified atom stereocenters. The van der Waals surface area contributed by atoms with Crippen molar-refractivity contribution in [1.29, 1.82) is 0 Å². The highest BCUT2D eigenvalue weighted by atomic mass is 18.2. The van der Waals surface area contributed by atoms with Crippen LogP contribution >= 0.6 is 0 Å². The number of piperidine rings is 1. The molecule has 0 saturated carbocycles. The van der Waals surface area contributed by atoms with E-state index in [1.165, 1.54) is 12.1 Å². The van der Waals surface area contributed by atoms with Crippen LogP contribution in [0.15, 0.2) is 48.5 Å². The Bertz CT molecular complexity index is 769. The number of rotatable bonds is 7. The second-order valence-corrected chi connectivity index (χ2v) is 7.63. The number of nitrogen functional groups attached to an aromatic ring is 1. The van der Waals surface area contributed by atoms with E-state index in [1.807, 2.05) is 0 Å². The molecule has 6 heteroatoms. The van der Waals surface area contributed by atoms with Gasteiger partial charge in [0.2, 0.25) is 0 Å². The molecule has 0 spiro atoms. The lowest BCUT2D eigenvalue weighted by Gasteiger charge is -2.40. The molecule has 1 fully saturated rings. The fourth-order valence-corrected chi connectivity index (χ4v) is 3.38. The Morgan fingerprint density at radius 3 is 2.43 bits per heavy atom. The number of halogens is 1. The SMILES string of the molecule is CC1(NC(=O)c2ccc(N)cc2)CCN(CCCOc2ccc([18F])cc2)CC1. The van der Waals surface area contributed by atoms with Crippen molar-refractivity contribution < 1.29 is 13.9 Å². The van der Waals surface area contributed by atoms with Gasteiger partial charge in [0.05, 0.1) is 6.61 Å². The van der Waals surface area contributed by atoms with Crippen LogP contribution in [0.5, 0.6) is 5.75 Å². The van der Waals surface area contributed by atoms with Crippen LogP contribution in [0.1, 0.15) is 36.5 Å². The maximum Gasteiger partial charge on any atom is 0.251 e. The minimum atomic E-state index is -0.257. The van der Waals surface area contributed by atoms with Crippen molar-refractivity contribution in [2.24, 2.45) is 0 Å². The van der Waals surface area contributed by atoms with Crippen LogP contribution in [0.3, 0.4) is 0 Å². The van der Waals surface area contributed by atoms with Gasteiger partial charge < -0.3 is 20.7 Å². The molecule has 0 bridgehead atoms. The molecular formula is C22H28FN3O2. The van der Waals surface area contributed by atoms with Crippen molar-refractivity contribution in [1.82, 2.24) is 10.2 Å². The van der Waals surface area contributed by atoms with Gasteiger partial charge in [-0.3, -0.25) is 4.79 Å². The van der Waals surface area contributed by atoms with E-state index in [0.717, 1.165) is 38.9 Å². The number of benzene rings is 2. The first-order valence-electron chi connectivity index (χ1n) is 9.72. The molecule has 1 aliphatic rings. The van der Waals surface area contributed by atoms with Gasteiger partial charge >= 0.3 is 0 Å². The van der Waals surface area contributed by atoms with Crippen LogP contribution in [0.2, 0.25) is 0 Å². The van der Waals surface area contributed by atoms with Crippen LogP contribution in [0.4, 0.5) is 10.1 Å². The van der Waals surface area contributed by atoms with Gasteiger partial charge in [0.25, 0.3) is 5.91 Å². The number of amides is 1. The maximum atomic E-state index is 12.9. The molecule has 28 heavy (non-hydrogen) atoms. The number of likely N-dealkylation sites (tertiary alicyclic amines) is 1. The first kappa shape index (κ1) is 20.1. The summed E-state index contributed by atoms with van der Waals surface area (Å²) in [6, 6.07) is 13.1. The van der Waals surface area contributed by atoms with E-state index in [1.54, 1.807) is 36.4 Å². The summed E-state index contributed by atoms with van der Waals surface area (Å²) in [6.07, 6.45) is 2.73. The molecule has 3 N–H and O–H groups in total. The average molecular weight is 384 g/mol. The minimum absolute atomic E-state index is 0.0522. The lowest BCUT2D eigenvalue weighted by molar-refractivity contribution is 0.0829. The number of ether oxygens (including phenoxy) is 1. The second-order valence-electron chi connectivity index (χ2n) is 7.63. The number of carbonyl (C=O) groups is 1. The summed E-state index contributed by atoms with van der Waals surface area (Å²) in [6.45, 7) is 5.54. The summed E-state index contributed by atoms with van der Waals surface area (Å²) in [5, 5.41) is 3.18. The van der Waals surface area contributed by atoms with E-state index in [0.29, 0.717) is 23.6 Å². The van der Waals surface area contributed by atoms with E-state index in [2.05, 4.69) is 17.1 Å². The van der Waals surface area contributed by atoms with Gasteiger partial charge in [0.1, 0.15) is 11.6 Å². The Morgan fingerprint density at radius 2 is 1.79 bits per heavy atom. The summed E-state index contributed by atoms with van der Waals surface area (Å²) in [5.74, 6) is 0.383. The van der Waals surface area contributed by atoms with Crippen LogP contribution in [0, 0.1) is 5.82 Å². The standard InChI is InChI=1S/C22H28FN3O2/c1-22(25-21(27)17-3-7-19(24)8-4-17)11-14-26(15-12-22)13-2-16-28-20-9-5-18(23)6-10-20/h3-10H,2,11-16,24H2,1H3,(H,25,27)/i23-1. The molecule has 0 aromatic heterocycles. The van der Waals surface area contributed by atoms with Gasteiger partial charge in [0, 0.05) is 36.4 Å². The summed E-state index contributed by atoms with van der Waals surface area (Å²) >= 11 is 0. The highest BCUT2D eigenvalue weighted by Gasteiger charge is 2.31. The number of carbonyl (C=O) groups excluding carboxylic acids is 1. The summed E-state index contributed by atoms with van der Waals surface area (Å²) in [4.78, 5) is 14.9. The van der Waals surface area contributed by atoms with Crippen molar-refractivity contribution in [3.63, 3.8) is 0 Å². The molecule has 1 heterocycles. The third-order valence-electron chi connectivity index (χ3n) is 5.25. The zero-order valence-electron chi connectivity index (χ0n) is 16.3. The molecule has 0 radical (unpaired) electrons. The smallest absolute Gasteiger partial charge is 0.251 e. The van der Waals surface area contributed by atoms with Gasteiger partial charge in [-0.05, 0) is 74.7 Å². The molecule has 5 nitrogen and oxygen atoms in total. The van der Waals surface area contributed by atoms with Crippen molar-refractivity contribution in [3.8, 4) is 5.75 Å². The quantitative estimate of drug-likeness (QED) is 0.567. The van der Waals surface area contributed by atoms with Gasteiger partial charge in [-0.1, -0.05) is 0 Å². The topological polar surface area (TPSA) is 67.6 Å². The number of nitrogens with one attached hydrogen (secondary N) is 1. The van der Waals surface area contributed by atoms with Gasteiger partial charge in [0.15, 0.2) is 0 Å². The van der Waals surface area contributed by atoms with E-state index >= 15 is 0 Å². The third kappa shape index (κ3) is 5.70. The van der Waals surface area contributed by atoms with Crippen molar-refractivity contribution in [2.75, 3.05) is 32.0 Å². The fraction of sp³-hybridized carbons (Fsp3) is 0.409. The predicted octanol–water partition coefficient (Wildman–Crippen LogP) is 3.46. The molecule has 0 atom stereocenters. The molecule has 2 aromatic rings. The number of hydrogen-bond acceptors (Lipinski definition) is 4. The largest absolute Gasteiger partial charge is 0.494 e. The van der Waals surface area contributed by atoms with Crippen LogP contribution in [-0.4, -0.2) is 42.6 Å². The average Bonchev–Trinajstić information content (AvgIpc) is 2.68. The first-order valence-corrected chi connectivity index (χ1v) is 9.72. The monoisotopic (exact) mass is 384 g/mol. The summed E-state index contributed by atoms with van der Waals surface area (Å²) in [7, 11) is 0. The number of anilines is 1. The summed E-state index contributed by atoms with van der Waals surface area (Å²) in [5.41, 5.74) is 6.77. The number of nitrogens with two attached hydrogens (primary N) is 1. The molecule has 1 aliphatic heterocycles. The maximum absolute atomic E-state index is 12.9. The zero-order chi connectivity index (χ0) is 20.0. The third-order valence-corrected chi connectivity index (χ3v) is 5.25. The zero-order valence-corrected chi connectivity index (χ0v) is 16.3. The highest BCUT2D eigenvalue weighted by Crippen LogP contribution is 2.23. The van der Waals surface area contributed by atoms with Crippen molar-refractivity contribution >= 4 is 11.6 Å². The number of hydrogen-bond donors (Lipinski definition) is 2. The first-order chi connectivity index (χ1) is 13.4. The predicted molar refractivity (Wildman–Crippen MR) is 109 cm³/mol. The minimum Gasteiger partial charge on any atom is -0.494 e. The van der Waals surface area contributed by atoms with Crippen molar-refractivity contribution in [3.05, 3.63) is 59.9 Å². The Morgan fingerprint density at radius 1 is 1.14 bits per heavy atom. The van der Waals surface area contributed by atoms with Gasteiger partial charge in [-0.15, -0.1) is 0 Å². The Balaban J connectivity index is 1.37. The lowest BCUT2D eigenvalue weighted by atomic mass is 9.89. The molecule has 0 aliphatic carbocycles. The van der Waals surface area contributed by atoms with Crippen LogP contribution in [0.25, 0.3) is 0 Å². The van der Waals surface area contributed by atoms with Gasteiger partial charge in [-0.25, -0.2) is 4.39 Å². The Kier molecular flexibility index (Phi) is 6.52. The van der Waals surface area contributed by atoms with E-state index in [9.17, 15) is 9.18 Å². The molecule has 150 valence electrons. The summed E-state index contributed by atoms with van der Waals surface area (Å²) < 4.78 is 18.5. The highest BCUT2D eigenvalue weighted by molar-refractivity contribution is 5.95. The van der Waals surface area contributed by atoms with E-state index in [4.69, 9.17) is 10.5 Å². The molecule has 3 rings (SSSR count). The van der Waals surface area contributed by atoms with Gasteiger partial charge in [-0.2, -0.15) is 0 Å². The normalized spacial score (nSPS) is 16.5. The second kappa shape index (κ2) is 9.06. The molecule has 1 amide bonds. The van der Waals surface area contributed by atoms with Crippen LogP contribution in [-0.2, 0) is 0 Å².